The number of carbonyl (C=O) groups excluding carboxylic acids is 1. The van der Waals surface area contributed by atoms with Gasteiger partial charge in [0.05, 0.1) is 10.6 Å². The Bertz CT molecular complexity index is 1400. The fraction of sp³-hybridized carbons (Fsp3) is 0.0417. The molecule has 0 atom stereocenters. The highest BCUT2D eigenvalue weighted by molar-refractivity contribution is 7.93. The van der Waals surface area contributed by atoms with Gasteiger partial charge in [-0.25, -0.2) is 8.42 Å². The number of anilines is 2. The number of rotatable bonds is 4. The second kappa shape index (κ2) is 6.71. The highest BCUT2D eigenvalue weighted by atomic mass is 32.2. The first kappa shape index (κ1) is 18.4. The van der Waals surface area contributed by atoms with E-state index in [2.05, 4.69) is 4.72 Å². The van der Waals surface area contributed by atoms with Gasteiger partial charge in [-0.3, -0.25) is 9.52 Å². The van der Waals surface area contributed by atoms with Gasteiger partial charge in [0.15, 0.2) is 0 Å². The van der Waals surface area contributed by atoms with Crippen molar-refractivity contribution in [2.45, 2.75) is 4.90 Å². The quantitative estimate of drug-likeness (QED) is 0.517. The molecule has 0 unspecified atom stereocenters. The van der Waals surface area contributed by atoms with Gasteiger partial charge in [0.1, 0.15) is 0 Å². The zero-order chi connectivity index (χ0) is 20.9. The Hall–Kier alpha value is -3.64. The maximum Gasteiger partial charge on any atom is 0.262 e. The molecule has 6 heteroatoms. The molecule has 148 valence electrons. The van der Waals surface area contributed by atoms with Crippen LogP contribution in [0.1, 0.15) is 10.4 Å². The zero-order valence-corrected chi connectivity index (χ0v) is 17.0. The summed E-state index contributed by atoms with van der Waals surface area (Å²) in [6.45, 7) is 0. The van der Waals surface area contributed by atoms with Gasteiger partial charge in [-0.1, -0.05) is 54.6 Å². The average molecular weight is 414 g/mol. The molecule has 4 aromatic carbocycles. The highest BCUT2D eigenvalue weighted by Gasteiger charge is 2.30. The Morgan fingerprint density at radius 3 is 2.20 bits per heavy atom. The number of sulfonamides is 1. The van der Waals surface area contributed by atoms with E-state index in [1.807, 2.05) is 42.5 Å². The minimum Gasteiger partial charge on any atom is -0.311 e. The lowest BCUT2D eigenvalue weighted by Crippen LogP contribution is -2.20. The van der Waals surface area contributed by atoms with Crippen LogP contribution in [0.2, 0.25) is 0 Å². The summed E-state index contributed by atoms with van der Waals surface area (Å²) in [5.74, 6) is -0.130. The first-order valence-electron chi connectivity index (χ1n) is 9.48. The van der Waals surface area contributed by atoms with Crippen LogP contribution in [0.15, 0.2) is 89.8 Å². The van der Waals surface area contributed by atoms with Crippen LogP contribution < -0.4 is 9.62 Å². The van der Waals surface area contributed by atoms with E-state index in [1.54, 1.807) is 54.4 Å². The number of hydrogen-bond donors (Lipinski definition) is 1. The van der Waals surface area contributed by atoms with E-state index in [4.69, 9.17) is 0 Å². The molecule has 1 aliphatic rings. The minimum atomic E-state index is -3.84. The van der Waals surface area contributed by atoms with Crippen molar-refractivity contribution in [1.82, 2.24) is 0 Å². The Morgan fingerprint density at radius 2 is 1.47 bits per heavy atom. The van der Waals surface area contributed by atoms with Crippen LogP contribution >= 0.6 is 0 Å². The van der Waals surface area contributed by atoms with Crippen molar-refractivity contribution in [3.8, 4) is 11.1 Å². The molecular weight excluding hydrogens is 396 g/mol. The normalized spacial score (nSPS) is 13.1. The fourth-order valence-electron chi connectivity index (χ4n) is 3.91. The van der Waals surface area contributed by atoms with Crippen molar-refractivity contribution in [2.75, 3.05) is 16.7 Å². The van der Waals surface area contributed by atoms with Gasteiger partial charge >= 0.3 is 0 Å². The molecule has 30 heavy (non-hydrogen) atoms. The van der Waals surface area contributed by atoms with E-state index in [1.165, 1.54) is 0 Å². The maximum atomic E-state index is 13.2. The Kier molecular flexibility index (Phi) is 4.11. The number of amides is 1. The number of carbonyl (C=O) groups is 1. The molecule has 1 heterocycles. The van der Waals surface area contributed by atoms with Crippen molar-refractivity contribution in [2.24, 2.45) is 0 Å². The summed E-state index contributed by atoms with van der Waals surface area (Å²) >= 11 is 0. The predicted molar refractivity (Wildman–Crippen MR) is 119 cm³/mol. The standard InChI is InChI=1S/C24H18N2O3S/c1-26-21-14-15-22(19-8-5-9-20(23(19)21)24(26)27)30(28,29)25-18-12-10-17(11-13-18)16-6-3-2-4-7-16/h2-15,25H,1H3. The van der Waals surface area contributed by atoms with Crippen LogP contribution in [-0.4, -0.2) is 21.4 Å². The molecule has 1 aliphatic heterocycles. The van der Waals surface area contributed by atoms with Crippen LogP contribution in [0.3, 0.4) is 0 Å². The first-order valence-corrected chi connectivity index (χ1v) is 11.0. The molecule has 0 bridgehead atoms. The van der Waals surface area contributed by atoms with Crippen molar-refractivity contribution in [3.05, 3.63) is 90.5 Å². The number of benzene rings is 4. The molecule has 4 aromatic rings. The van der Waals surface area contributed by atoms with Gasteiger partial charge in [-0.2, -0.15) is 0 Å². The van der Waals surface area contributed by atoms with Crippen LogP contribution in [-0.2, 0) is 10.0 Å². The summed E-state index contributed by atoms with van der Waals surface area (Å²) in [5.41, 5.74) is 3.79. The second-order valence-electron chi connectivity index (χ2n) is 7.22. The Morgan fingerprint density at radius 1 is 0.767 bits per heavy atom. The average Bonchev–Trinajstić information content (AvgIpc) is 3.01. The van der Waals surface area contributed by atoms with Crippen LogP contribution in [0.25, 0.3) is 21.9 Å². The number of hydrogen-bond acceptors (Lipinski definition) is 3. The van der Waals surface area contributed by atoms with Crippen LogP contribution in [0, 0.1) is 0 Å². The molecule has 0 aliphatic carbocycles. The maximum absolute atomic E-state index is 13.2. The van der Waals surface area contributed by atoms with Crippen molar-refractivity contribution in [1.29, 1.82) is 0 Å². The summed E-state index contributed by atoms with van der Waals surface area (Å²) in [4.78, 5) is 14.1. The zero-order valence-electron chi connectivity index (χ0n) is 16.2. The summed E-state index contributed by atoms with van der Waals surface area (Å²) in [7, 11) is -2.15. The van der Waals surface area contributed by atoms with Gasteiger partial charge in [0.2, 0.25) is 0 Å². The van der Waals surface area contributed by atoms with Gasteiger partial charge in [-0.15, -0.1) is 0 Å². The minimum absolute atomic E-state index is 0.130. The first-order chi connectivity index (χ1) is 14.5. The van der Waals surface area contributed by atoms with Gasteiger partial charge in [0.25, 0.3) is 15.9 Å². The van der Waals surface area contributed by atoms with Gasteiger partial charge in [-0.05, 0) is 41.5 Å². The third kappa shape index (κ3) is 2.84. The summed E-state index contributed by atoms with van der Waals surface area (Å²) in [6, 6.07) is 25.6. The SMILES string of the molecule is CN1C(=O)c2cccc3c(S(=O)(=O)Nc4ccc(-c5ccccc5)cc4)ccc1c23. The topological polar surface area (TPSA) is 66.5 Å². The van der Waals surface area contributed by atoms with E-state index in [9.17, 15) is 13.2 Å². The van der Waals surface area contributed by atoms with E-state index < -0.39 is 10.0 Å². The van der Waals surface area contributed by atoms with E-state index in [0.29, 0.717) is 22.0 Å². The van der Waals surface area contributed by atoms with Crippen molar-refractivity contribution < 1.29 is 13.2 Å². The second-order valence-corrected chi connectivity index (χ2v) is 8.87. The number of nitrogens with one attached hydrogen (secondary N) is 1. The fourth-order valence-corrected chi connectivity index (χ4v) is 5.18. The smallest absolute Gasteiger partial charge is 0.262 e. The molecule has 0 fully saturated rings. The Labute approximate surface area is 174 Å². The number of nitrogens with zero attached hydrogens (tertiary/aromatic N) is 1. The molecule has 5 nitrogen and oxygen atoms in total. The predicted octanol–water partition coefficient (Wildman–Crippen LogP) is 4.90. The van der Waals surface area contributed by atoms with Gasteiger partial charge in [0, 0.05) is 29.1 Å². The summed E-state index contributed by atoms with van der Waals surface area (Å²) in [5, 5.41) is 1.21. The molecule has 0 saturated carbocycles. The van der Waals surface area contributed by atoms with E-state index >= 15 is 0 Å². The van der Waals surface area contributed by atoms with E-state index in [0.717, 1.165) is 16.8 Å². The molecular formula is C24H18N2O3S. The largest absolute Gasteiger partial charge is 0.311 e. The van der Waals surface area contributed by atoms with Crippen molar-refractivity contribution >= 4 is 38.1 Å². The highest BCUT2D eigenvalue weighted by Crippen LogP contribution is 2.39. The van der Waals surface area contributed by atoms with Crippen LogP contribution in [0.5, 0.6) is 0 Å². The molecule has 1 amide bonds. The Balaban J connectivity index is 1.53. The third-order valence-corrected chi connectivity index (χ3v) is 6.85. The molecule has 1 N–H and O–H groups in total. The lowest BCUT2D eigenvalue weighted by molar-refractivity contribution is 0.0999. The monoisotopic (exact) mass is 414 g/mol. The van der Waals surface area contributed by atoms with Crippen LogP contribution in [0.4, 0.5) is 11.4 Å². The molecule has 0 aromatic heterocycles. The third-order valence-electron chi connectivity index (χ3n) is 5.41. The molecule has 0 saturated heterocycles. The molecule has 0 spiro atoms. The van der Waals surface area contributed by atoms with E-state index in [-0.39, 0.29) is 10.8 Å². The lowest BCUT2D eigenvalue weighted by Gasteiger charge is -2.13. The molecule has 0 radical (unpaired) electrons. The van der Waals surface area contributed by atoms with Gasteiger partial charge < -0.3 is 4.90 Å². The van der Waals surface area contributed by atoms with Crippen molar-refractivity contribution in [3.63, 3.8) is 0 Å². The summed E-state index contributed by atoms with van der Waals surface area (Å²) < 4.78 is 29.0. The lowest BCUT2D eigenvalue weighted by atomic mass is 10.1. The summed E-state index contributed by atoms with van der Waals surface area (Å²) in [6.07, 6.45) is 0. The molecule has 5 rings (SSSR count).